The van der Waals surface area contributed by atoms with Crippen molar-refractivity contribution in [1.29, 1.82) is 5.41 Å². The van der Waals surface area contributed by atoms with E-state index in [0.29, 0.717) is 5.06 Å². The molecule has 1 fully saturated rings. The topological polar surface area (TPSA) is 125 Å². The monoisotopic (exact) mass is 323 g/mol. The van der Waals surface area contributed by atoms with E-state index < -0.39 is 11.0 Å². The Bertz CT molecular complexity index is 543. The lowest BCUT2D eigenvalue weighted by Crippen LogP contribution is -2.45. The number of anilines is 1. The molecule has 0 radical (unpaired) electrons. The van der Waals surface area contributed by atoms with Crippen LogP contribution in [0.2, 0.25) is 0 Å². The Labute approximate surface area is 134 Å². The van der Waals surface area contributed by atoms with Crippen molar-refractivity contribution in [3.05, 3.63) is 34.0 Å². The zero-order chi connectivity index (χ0) is 16.8. The van der Waals surface area contributed by atoms with Crippen molar-refractivity contribution in [2.45, 2.75) is 13.5 Å². The molecular formula is C13H21N7O3. The normalized spacial score (nSPS) is 16.0. The van der Waals surface area contributed by atoms with Crippen LogP contribution < -0.4 is 10.8 Å². The number of nitrogens with zero attached hydrogens (tertiary/aromatic N) is 5. The highest BCUT2D eigenvalue weighted by molar-refractivity contribution is 5.89. The maximum Gasteiger partial charge on any atom is 0.317 e. The molecule has 1 saturated heterocycles. The number of piperazine rings is 1. The van der Waals surface area contributed by atoms with Gasteiger partial charge in [-0.1, -0.05) is 13.0 Å². The van der Waals surface area contributed by atoms with Gasteiger partial charge in [-0.15, -0.1) is 15.2 Å². The van der Waals surface area contributed by atoms with Gasteiger partial charge in [-0.2, -0.15) is 4.94 Å². The van der Waals surface area contributed by atoms with Crippen LogP contribution in [-0.4, -0.2) is 58.6 Å². The molecule has 10 nitrogen and oxygen atoms in total. The number of likely N-dealkylation sites (N-methyl/N-ethyl adjacent to an activating group) is 1. The summed E-state index contributed by atoms with van der Waals surface area (Å²) in [7, 11) is 0. The Hall–Kier alpha value is -2.46. The summed E-state index contributed by atoms with van der Waals surface area (Å²) in [4.78, 5) is 23.5. The molecule has 3 N–H and O–H groups in total. The fourth-order valence-electron chi connectivity index (χ4n) is 2.43. The van der Waals surface area contributed by atoms with E-state index >= 15 is 0 Å². The third-order valence-corrected chi connectivity index (χ3v) is 3.70. The summed E-state index contributed by atoms with van der Waals surface area (Å²) in [6, 6.07) is 3.34. The Balaban J connectivity index is 1.96. The van der Waals surface area contributed by atoms with Crippen LogP contribution in [-0.2, 0) is 11.5 Å². The van der Waals surface area contributed by atoms with Crippen molar-refractivity contribution in [3.8, 4) is 0 Å². The molecule has 1 aromatic rings. The number of guanidine groups is 1. The summed E-state index contributed by atoms with van der Waals surface area (Å²) in [5.41, 5.74) is 6.25. The zero-order valence-corrected chi connectivity index (χ0v) is 13.0. The van der Waals surface area contributed by atoms with E-state index in [4.69, 9.17) is 11.1 Å². The van der Waals surface area contributed by atoms with Gasteiger partial charge in [-0.3, -0.25) is 10.3 Å². The van der Waals surface area contributed by atoms with Gasteiger partial charge in [0.25, 0.3) is 0 Å². The van der Waals surface area contributed by atoms with Crippen molar-refractivity contribution in [3.63, 3.8) is 0 Å². The standard InChI is InChI=1S/C13H21N7O3/c1-2-17-5-7-18(8-6-17)10-11-3-4-12(16-9-11)19(13(14)15)23-20(21)22/h3-4,9H,2,5-8,10H2,1H3,(H3,14,15). The van der Waals surface area contributed by atoms with E-state index in [0.717, 1.165) is 44.8 Å². The quantitative estimate of drug-likeness (QED) is 0.325. The molecule has 1 aromatic heterocycles. The van der Waals surface area contributed by atoms with Gasteiger partial charge in [0.15, 0.2) is 5.82 Å². The third-order valence-electron chi connectivity index (χ3n) is 3.70. The van der Waals surface area contributed by atoms with E-state index in [1.54, 1.807) is 18.3 Å². The van der Waals surface area contributed by atoms with Crippen LogP contribution in [0.25, 0.3) is 0 Å². The molecule has 0 atom stereocenters. The maximum absolute atomic E-state index is 10.4. The lowest BCUT2D eigenvalue weighted by Gasteiger charge is -2.33. The molecule has 0 aromatic carbocycles. The van der Waals surface area contributed by atoms with Crippen molar-refractivity contribution < 1.29 is 10.0 Å². The number of hydrogen-bond acceptors (Lipinski definition) is 7. The number of hydrogen-bond donors (Lipinski definition) is 2. The number of nitrogens with one attached hydrogen (secondary N) is 1. The van der Waals surface area contributed by atoms with Gasteiger partial charge in [-0.25, -0.2) is 4.98 Å². The van der Waals surface area contributed by atoms with Crippen LogP contribution in [0, 0.1) is 15.5 Å². The summed E-state index contributed by atoms with van der Waals surface area (Å²) >= 11 is 0. The first kappa shape index (κ1) is 16.9. The third kappa shape index (κ3) is 4.76. The molecule has 126 valence electrons. The van der Waals surface area contributed by atoms with Crippen LogP contribution in [0.1, 0.15) is 12.5 Å². The fraction of sp³-hybridized carbons (Fsp3) is 0.538. The minimum Gasteiger partial charge on any atom is -0.368 e. The van der Waals surface area contributed by atoms with Gasteiger partial charge in [-0.05, 0) is 18.2 Å². The van der Waals surface area contributed by atoms with Gasteiger partial charge < -0.3 is 10.6 Å². The van der Waals surface area contributed by atoms with Gasteiger partial charge in [0.1, 0.15) is 0 Å². The minimum absolute atomic E-state index is 0.0914. The number of hydroxylamine groups is 1. The molecule has 1 aliphatic heterocycles. The van der Waals surface area contributed by atoms with Crippen LogP contribution in [0.15, 0.2) is 18.3 Å². The molecular weight excluding hydrogens is 302 g/mol. The fourth-order valence-corrected chi connectivity index (χ4v) is 2.43. The smallest absolute Gasteiger partial charge is 0.317 e. The average molecular weight is 323 g/mol. The minimum atomic E-state index is -1.04. The summed E-state index contributed by atoms with van der Waals surface area (Å²) < 4.78 is 0. The zero-order valence-electron chi connectivity index (χ0n) is 13.0. The van der Waals surface area contributed by atoms with Crippen LogP contribution >= 0.6 is 0 Å². The van der Waals surface area contributed by atoms with Crippen molar-refractivity contribution >= 4 is 11.8 Å². The first-order chi connectivity index (χ1) is 11.0. The summed E-state index contributed by atoms with van der Waals surface area (Å²) in [5, 5.41) is 17.2. The van der Waals surface area contributed by atoms with E-state index in [-0.39, 0.29) is 5.82 Å². The maximum atomic E-state index is 10.4. The van der Waals surface area contributed by atoms with Crippen molar-refractivity contribution in [1.82, 2.24) is 14.8 Å². The molecule has 0 aliphatic carbocycles. The van der Waals surface area contributed by atoms with Gasteiger partial charge in [0, 0.05) is 38.9 Å². The SMILES string of the molecule is CCN1CCN(Cc2ccc(N(O[N+](=O)[O-])C(=N)N)nc2)CC1. The number of rotatable bonds is 6. The Morgan fingerprint density at radius 2 is 2.09 bits per heavy atom. The molecule has 23 heavy (non-hydrogen) atoms. The second kappa shape index (κ2) is 7.70. The summed E-state index contributed by atoms with van der Waals surface area (Å²) in [6.45, 7) is 8.10. The number of pyridine rings is 1. The lowest BCUT2D eigenvalue weighted by atomic mass is 10.2. The second-order valence-corrected chi connectivity index (χ2v) is 5.22. The van der Waals surface area contributed by atoms with Gasteiger partial charge >= 0.3 is 5.09 Å². The first-order valence-corrected chi connectivity index (χ1v) is 7.36. The van der Waals surface area contributed by atoms with E-state index in [9.17, 15) is 10.1 Å². The van der Waals surface area contributed by atoms with E-state index in [1.807, 2.05) is 0 Å². The van der Waals surface area contributed by atoms with Crippen molar-refractivity contribution in [2.24, 2.45) is 5.73 Å². The van der Waals surface area contributed by atoms with Gasteiger partial charge in [0.05, 0.1) is 0 Å². The van der Waals surface area contributed by atoms with Crippen LogP contribution in [0.4, 0.5) is 5.82 Å². The second-order valence-electron chi connectivity index (χ2n) is 5.22. The van der Waals surface area contributed by atoms with Crippen LogP contribution in [0.5, 0.6) is 0 Å². The lowest BCUT2D eigenvalue weighted by molar-refractivity contribution is -0.758. The predicted octanol–water partition coefficient (Wildman–Crippen LogP) is 0.0423. The highest BCUT2D eigenvalue weighted by Gasteiger charge is 2.18. The number of aromatic nitrogens is 1. The highest BCUT2D eigenvalue weighted by Crippen LogP contribution is 2.14. The van der Waals surface area contributed by atoms with E-state index in [2.05, 4.69) is 26.6 Å². The molecule has 0 unspecified atom stereocenters. The number of nitrogens with two attached hydrogens (primary N) is 1. The van der Waals surface area contributed by atoms with Crippen molar-refractivity contribution in [2.75, 3.05) is 37.8 Å². The molecule has 2 heterocycles. The van der Waals surface area contributed by atoms with Crippen LogP contribution in [0.3, 0.4) is 0 Å². The molecule has 0 bridgehead atoms. The Kier molecular flexibility index (Phi) is 5.66. The molecule has 1 aliphatic rings. The molecule has 0 amide bonds. The largest absolute Gasteiger partial charge is 0.368 e. The summed E-state index contributed by atoms with van der Waals surface area (Å²) in [5.74, 6) is -0.522. The molecule has 0 saturated carbocycles. The van der Waals surface area contributed by atoms with Gasteiger partial charge in [0.2, 0.25) is 5.96 Å². The molecule has 0 spiro atoms. The highest BCUT2D eigenvalue weighted by atomic mass is 17.0. The summed E-state index contributed by atoms with van der Waals surface area (Å²) in [6.07, 6.45) is 1.61. The Morgan fingerprint density at radius 1 is 1.43 bits per heavy atom. The Morgan fingerprint density at radius 3 is 2.57 bits per heavy atom. The molecule has 2 rings (SSSR count). The predicted molar refractivity (Wildman–Crippen MR) is 84.1 cm³/mol. The molecule has 10 heteroatoms. The van der Waals surface area contributed by atoms with E-state index in [1.165, 1.54) is 0 Å². The average Bonchev–Trinajstić information content (AvgIpc) is 2.54. The first-order valence-electron chi connectivity index (χ1n) is 7.36.